The molecule has 0 aliphatic rings. The number of nitrogens with one attached hydrogen (secondary N) is 1. The van der Waals surface area contributed by atoms with E-state index in [1.165, 1.54) is 0 Å². The smallest absolute Gasteiger partial charge is 0.151 e. The van der Waals surface area contributed by atoms with Crippen LogP contribution in [0.3, 0.4) is 0 Å². The van der Waals surface area contributed by atoms with Gasteiger partial charge >= 0.3 is 0 Å². The number of anilines is 1. The third-order valence-corrected chi connectivity index (χ3v) is 2.88. The third-order valence-electron chi connectivity index (χ3n) is 1.99. The fraction of sp³-hybridized carbons (Fsp3) is 0.100. The monoisotopic (exact) mass is 221 g/mol. The van der Waals surface area contributed by atoms with Crippen LogP contribution in [0.15, 0.2) is 29.6 Å². The van der Waals surface area contributed by atoms with Crippen molar-refractivity contribution in [1.82, 2.24) is 4.98 Å². The van der Waals surface area contributed by atoms with E-state index in [1.807, 2.05) is 29.6 Å². The van der Waals surface area contributed by atoms with Crippen molar-refractivity contribution in [3.8, 4) is 16.3 Å². The number of hydrogen-bond donors (Lipinski definition) is 2. The zero-order valence-corrected chi connectivity index (χ0v) is 9.04. The van der Waals surface area contributed by atoms with E-state index < -0.39 is 0 Å². The number of methoxy groups -OCH3 is 1. The topological polar surface area (TPSA) is 60.2 Å². The second-order valence-corrected chi connectivity index (χ2v) is 3.77. The highest BCUT2D eigenvalue weighted by Crippen LogP contribution is 2.26. The number of nitrogens with two attached hydrogens (primary N) is 1. The van der Waals surface area contributed by atoms with Gasteiger partial charge in [0, 0.05) is 10.9 Å². The minimum Gasteiger partial charge on any atom is -0.497 e. The molecule has 4 nitrogen and oxygen atoms in total. The van der Waals surface area contributed by atoms with Gasteiger partial charge in [0.1, 0.15) is 10.8 Å². The highest BCUT2D eigenvalue weighted by molar-refractivity contribution is 7.13. The van der Waals surface area contributed by atoms with Gasteiger partial charge in [0.05, 0.1) is 7.11 Å². The first-order chi connectivity index (χ1) is 7.33. The standard InChI is InChI=1S/C10H11N3OS/c1-14-8-4-2-7(3-5-8)10-12-9(13-11)6-15-10/h2-6,13H,11H2,1H3. The van der Waals surface area contributed by atoms with E-state index >= 15 is 0 Å². The number of aromatic nitrogens is 1. The Morgan fingerprint density at radius 2 is 2.07 bits per heavy atom. The van der Waals surface area contributed by atoms with Gasteiger partial charge in [0.15, 0.2) is 5.82 Å². The molecule has 1 aromatic heterocycles. The largest absolute Gasteiger partial charge is 0.497 e. The fourth-order valence-corrected chi connectivity index (χ4v) is 1.97. The molecule has 2 aromatic rings. The van der Waals surface area contributed by atoms with E-state index in [0.29, 0.717) is 5.82 Å². The van der Waals surface area contributed by atoms with E-state index in [4.69, 9.17) is 10.6 Å². The zero-order valence-electron chi connectivity index (χ0n) is 8.23. The van der Waals surface area contributed by atoms with E-state index in [0.717, 1.165) is 16.3 Å². The first-order valence-electron chi connectivity index (χ1n) is 4.40. The molecule has 0 amide bonds. The van der Waals surface area contributed by atoms with Crippen molar-refractivity contribution in [2.75, 3.05) is 12.5 Å². The van der Waals surface area contributed by atoms with Gasteiger partial charge in [-0.1, -0.05) is 0 Å². The van der Waals surface area contributed by atoms with Crippen LogP contribution < -0.4 is 16.0 Å². The van der Waals surface area contributed by atoms with Crippen LogP contribution in [0.1, 0.15) is 0 Å². The average Bonchev–Trinajstić information content (AvgIpc) is 2.78. The maximum atomic E-state index is 5.26. The van der Waals surface area contributed by atoms with E-state index in [1.54, 1.807) is 18.4 Å². The molecule has 0 fully saturated rings. The Balaban J connectivity index is 2.28. The van der Waals surface area contributed by atoms with Gasteiger partial charge in [-0.05, 0) is 24.3 Å². The molecule has 2 rings (SSSR count). The Bertz CT molecular complexity index is 438. The summed E-state index contributed by atoms with van der Waals surface area (Å²) in [6.07, 6.45) is 0. The second kappa shape index (κ2) is 4.29. The van der Waals surface area contributed by atoms with Crippen LogP contribution in [0.5, 0.6) is 5.75 Å². The van der Waals surface area contributed by atoms with Crippen molar-refractivity contribution in [3.63, 3.8) is 0 Å². The van der Waals surface area contributed by atoms with Crippen LogP contribution in [0.2, 0.25) is 0 Å². The van der Waals surface area contributed by atoms with Crippen LogP contribution in [-0.4, -0.2) is 12.1 Å². The summed E-state index contributed by atoms with van der Waals surface area (Å²) in [4.78, 5) is 4.30. The van der Waals surface area contributed by atoms with Crippen molar-refractivity contribution in [3.05, 3.63) is 29.6 Å². The lowest BCUT2D eigenvalue weighted by atomic mass is 10.2. The Kier molecular flexibility index (Phi) is 2.84. The van der Waals surface area contributed by atoms with Gasteiger partial charge in [0.2, 0.25) is 0 Å². The van der Waals surface area contributed by atoms with E-state index in [9.17, 15) is 0 Å². The maximum Gasteiger partial charge on any atom is 0.151 e. The highest BCUT2D eigenvalue weighted by Gasteiger charge is 2.03. The lowest BCUT2D eigenvalue weighted by Crippen LogP contribution is -2.06. The molecular weight excluding hydrogens is 210 g/mol. The first-order valence-corrected chi connectivity index (χ1v) is 5.28. The predicted molar refractivity (Wildman–Crippen MR) is 61.9 cm³/mol. The summed E-state index contributed by atoms with van der Waals surface area (Å²) in [5.41, 5.74) is 3.57. The lowest BCUT2D eigenvalue weighted by Gasteiger charge is -2.00. The van der Waals surface area contributed by atoms with Crippen molar-refractivity contribution >= 4 is 17.2 Å². The summed E-state index contributed by atoms with van der Waals surface area (Å²) >= 11 is 1.55. The molecule has 0 saturated carbocycles. The number of nitrogens with zero attached hydrogens (tertiary/aromatic N) is 1. The first kappa shape index (κ1) is 9.95. The molecule has 15 heavy (non-hydrogen) atoms. The summed E-state index contributed by atoms with van der Waals surface area (Å²) in [5, 5.41) is 2.81. The normalized spacial score (nSPS) is 10.0. The van der Waals surface area contributed by atoms with Gasteiger partial charge in [-0.3, -0.25) is 0 Å². The summed E-state index contributed by atoms with van der Waals surface area (Å²) in [5.74, 6) is 6.79. The van der Waals surface area contributed by atoms with E-state index in [2.05, 4.69) is 10.4 Å². The molecule has 0 spiro atoms. The Morgan fingerprint density at radius 3 is 2.60 bits per heavy atom. The second-order valence-electron chi connectivity index (χ2n) is 2.91. The quantitative estimate of drug-likeness (QED) is 0.615. The van der Waals surface area contributed by atoms with Gasteiger partial charge in [-0.2, -0.15) is 0 Å². The average molecular weight is 221 g/mol. The van der Waals surface area contributed by atoms with Crippen LogP contribution in [0.4, 0.5) is 5.82 Å². The molecular formula is C10H11N3OS. The number of rotatable bonds is 3. The molecule has 0 saturated heterocycles. The van der Waals surface area contributed by atoms with Gasteiger partial charge in [-0.25, -0.2) is 10.8 Å². The SMILES string of the molecule is COc1ccc(-c2nc(NN)cs2)cc1. The maximum absolute atomic E-state index is 5.26. The Morgan fingerprint density at radius 1 is 1.33 bits per heavy atom. The summed E-state index contributed by atoms with van der Waals surface area (Å²) < 4.78 is 5.08. The number of hydrogen-bond acceptors (Lipinski definition) is 5. The van der Waals surface area contributed by atoms with Crippen LogP contribution in [0, 0.1) is 0 Å². The van der Waals surface area contributed by atoms with Gasteiger partial charge in [-0.15, -0.1) is 11.3 Å². The van der Waals surface area contributed by atoms with Gasteiger partial charge in [0.25, 0.3) is 0 Å². The molecule has 0 atom stereocenters. The van der Waals surface area contributed by atoms with Crippen molar-refractivity contribution in [1.29, 1.82) is 0 Å². The molecule has 0 bridgehead atoms. The molecule has 1 heterocycles. The van der Waals surface area contributed by atoms with Gasteiger partial charge < -0.3 is 10.2 Å². The molecule has 0 radical (unpaired) electrons. The molecule has 78 valence electrons. The molecule has 0 aliphatic heterocycles. The Hall–Kier alpha value is -1.59. The fourth-order valence-electron chi connectivity index (χ4n) is 1.21. The van der Waals surface area contributed by atoms with Crippen molar-refractivity contribution in [2.24, 2.45) is 5.84 Å². The molecule has 0 aliphatic carbocycles. The summed E-state index contributed by atoms with van der Waals surface area (Å²) in [6, 6.07) is 7.76. The van der Waals surface area contributed by atoms with Crippen molar-refractivity contribution in [2.45, 2.75) is 0 Å². The number of hydrazine groups is 1. The summed E-state index contributed by atoms with van der Waals surface area (Å²) in [6.45, 7) is 0. The third kappa shape index (κ3) is 2.08. The lowest BCUT2D eigenvalue weighted by molar-refractivity contribution is 0.415. The van der Waals surface area contributed by atoms with Crippen molar-refractivity contribution < 1.29 is 4.74 Å². The van der Waals surface area contributed by atoms with Crippen LogP contribution in [-0.2, 0) is 0 Å². The van der Waals surface area contributed by atoms with E-state index in [-0.39, 0.29) is 0 Å². The van der Waals surface area contributed by atoms with Crippen LogP contribution >= 0.6 is 11.3 Å². The number of nitrogen functional groups attached to an aromatic ring is 1. The summed E-state index contributed by atoms with van der Waals surface area (Å²) in [7, 11) is 1.65. The molecule has 5 heteroatoms. The number of thiazole rings is 1. The number of ether oxygens (including phenoxy) is 1. The minimum atomic E-state index is 0.686. The Labute approximate surface area is 91.7 Å². The zero-order chi connectivity index (χ0) is 10.7. The number of benzene rings is 1. The predicted octanol–water partition coefficient (Wildman–Crippen LogP) is 2.10. The van der Waals surface area contributed by atoms with Crippen LogP contribution in [0.25, 0.3) is 10.6 Å². The minimum absolute atomic E-state index is 0.686. The molecule has 0 unspecified atom stereocenters. The molecule has 3 N–H and O–H groups in total. The highest BCUT2D eigenvalue weighted by atomic mass is 32.1. The molecule has 1 aromatic carbocycles.